The van der Waals surface area contributed by atoms with Gasteiger partial charge in [-0.3, -0.25) is 24.0 Å². The lowest BCUT2D eigenvalue weighted by Gasteiger charge is -2.24. The average Bonchev–Trinajstić information content (AvgIpc) is 3.30. The van der Waals surface area contributed by atoms with Gasteiger partial charge in [0.25, 0.3) is 5.91 Å². The number of nitrogens with one attached hydrogen (secondary N) is 1. The number of carbonyl (C=O) groups is 3. The molecule has 0 unspecified atom stereocenters. The molecule has 1 aliphatic heterocycles. The minimum atomic E-state index is -1.28. The van der Waals surface area contributed by atoms with Crippen molar-refractivity contribution in [1.29, 1.82) is 0 Å². The summed E-state index contributed by atoms with van der Waals surface area (Å²) in [4.78, 5) is 42.9. The Morgan fingerprint density at radius 1 is 1.15 bits per heavy atom. The maximum absolute atomic E-state index is 14.3. The first kappa shape index (κ1) is 21.0. The Hall–Kier alpha value is -3.82. The van der Waals surface area contributed by atoms with Crippen LogP contribution in [0.3, 0.4) is 0 Å². The zero-order valence-corrected chi connectivity index (χ0v) is 17.7. The largest absolute Gasteiger partial charge is 0.364 e. The summed E-state index contributed by atoms with van der Waals surface area (Å²) >= 11 is 0. The molecule has 1 saturated carbocycles. The molecule has 1 saturated heterocycles. The van der Waals surface area contributed by atoms with Crippen LogP contribution in [-0.2, 0) is 16.1 Å². The quantitative estimate of drug-likeness (QED) is 0.583. The molecule has 4 atom stereocenters. The van der Waals surface area contributed by atoms with Crippen molar-refractivity contribution in [1.82, 2.24) is 25.0 Å². The first-order valence-electron chi connectivity index (χ1n) is 10.8. The van der Waals surface area contributed by atoms with Crippen LogP contribution < -0.4 is 11.1 Å². The van der Waals surface area contributed by atoms with E-state index >= 15 is 0 Å². The fourth-order valence-corrected chi connectivity index (χ4v) is 4.56. The number of alkyl halides is 1. The highest BCUT2D eigenvalue weighted by atomic mass is 19.1. The van der Waals surface area contributed by atoms with Gasteiger partial charge >= 0.3 is 0 Å². The molecule has 5 rings (SSSR count). The monoisotopic (exact) mass is 450 g/mol. The Morgan fingerprint density at radius 3 is 2.70 bits per heavy atom. The Bertz CT molecular complexity index is 1230. The Morgan fingerprint density at radius 2 is 1.94 bits per heavy atom. The molecule has 0 spiro atoms. The second kappa shape index (κ2) is 8.27. The Labute approximate surface area is 188 Å². The number of carbonyl (C=O) groups excluding carboxylic acids is 3. The van der Waals surface area contributed by atoms with Gasteiger partial charge in [0, 0.05) is 30.8 Å². The summed E-state index contributed by atoms with van der Waals surface area (Å²) in [5.74, 6) is -1.31. The van der Waals surface area contributed by atoms with Gasteiger partial charge in [-0.1, -0.05) is 30.3 Å². The number of nitrogens with two attached hydrogens (primary N) is 1. The van der Waals surface area contributed by atoms with Crippen LogP contribution in [0, 0.1) is 0 Å². The van der Waals surface area contributed by atoms with E-state index in [-0.39, 0.29) is 43.1 Å². The van der Waals surface area contributed by atoms with E-state index in [0.717, 1.165) is 12.0 Å². The molecule has 1 aliphatic carbocycles. The van der Waals surface area contributed by atoms with Crippen molar-refractivity contribution in [3.8, 4) is 0 Å². The normalized spacial score (nSPS) is 24.1. The molecule has 170 valence electrons. The van der Waals surface area contributed by atoms with Gasteiger partial charge in [0.15, 0.2) is 5.69 Å². The van der Waals surface area contributed by atoms with Crippen LogP contribution in [0.1, 0.15) is 34.8 Å². The van der Waals surface area contributed by atoms with Gasteiger partial charge in [-0.15, -0.1) is 0 Å². The molecule has 1 aromatic carbocycles. The maximum Gasteiger partial charge on any atom is 0.269 e. The van der Waals surface area contributed by atoms with Gasteiger partial charge in [-0.2, -0.15) is 5.10 Å². The van der Waals surface area contributed by atoms with Crippen LogP contribution in [0.2, 0.25) is 0 Å². The van der Waals surface area contributed by atoms with E-state index in [1.54, 1.807) is 6.07 Å². The van der Waals surface area contributed by atoms with Crippen LogP contribution >= 0.6 is 0 Å². The average molecular weight is 450 g/mol. The molecule has 3 aromatic rings. The van der Waals surface area contributed by atoms with E-state index in [0.29, 0.717) is 10.9 Å². The zero-order chi connectivity index (χ0) is 23.1. The van der Waals surface area contributed by atoms with E-state index in [1.807, 2.05) is 30.3 Å². The number of aromatic nitrogens is 3. The number of benzene rings is 1. The molecule has 3 heterocycles. The number of halogens is 1. The summed E-state index contributed by atoms with van der Waals surface area (Å²) in [5.41, 5.74) is 7.05. The van der Waals surface area contributed by atoms with Crippen LogP contribution in [0.15, 0.2) is 48.8 Å². The van der Waals surface area contributed by atoms with Gasteiger partial charge in [-0.25, -0.2) is 4.39 Å². The molecule has 0 bridgehead atoms. The predicted molar refractivity (Wildman–Crippen MR) is 117 cm³/mol. The van der Waals surface area contributed by atoms with Crippen LogP contribution in [0.5, 0.6) is 0 Å². The molecule has 9 nitrogen and oxygen atoms in total. The minimum absolute atomic E-state index is 0.00525. The summed E-state index contributed by atoms with van der Waals surface area (Å²) in [5, 5.41) is 7.55. The van der Waals surface area contributed by atoms with E-state index < -0.39 is 24.0 Å². The van der Waals surface area contributed by atoms with Gasteiger partial charge in [0.2, 0.25) is 11.8 Å². The summed E-state index contributed by atoms with van der Waals surface area (Å²) in [6, 6.07) is 10.6. The van der Waals surface area contributed by atoms with Gasteiger partial charge in [-0.05, 0) is 18.1 Å². The highest BCUT2D eigenvalue weighted by Gasteiger charge is 2.44. The van der Waals surface area contributed by atoms with E-state index in [4.69, 9.17) is 5.73 Å². The smallest absolute Gasteiger partial charge is 0.269 e. The molecule has 10 heteroatoms. The van der Waals surface area contributed by atoms with E-state index in [1.165, 1.54) is 22.0 Å². The predicted octanol–water partition coefficient (Wildman–Crippen LogP) is 1.14. The lowest BCUT2D eigenvalue weighted by atomic mass is 10.1. The number of hydrogen-bond donors (Lipinski definition) is 2. The fraction of sp³-hybridized carbons (Fsp3) is 0.348. The van der Waals surface area contributed by atoms with Crippen molar-refractivity contribution in [2.24, 2.45) is 5.73 Å². The standard InChI is InChI=1S/C23H23FN6O3/c24-14-8-19(23(33)27-17-9-15(17)13-4-2-1-3-5-13)29(11-14)20(31)12-30-18-6-7-26-10-16(18)21(28-30)22(25)32/h1-7,10,14-15,17,19H,8-9,11-12H2,(H2,25,32)(H,27,33)/t14-,15+,17-,19+/m1/s1. The van der Waals surface area contributed by atoms with Gasteiger partial charge in [0.05, 0.1) is 17.4 Å². The number of primary amides is 1. The molecular weight excluding hydrogens is 427 g/mol. The number of rotatable bonds is 6. The van der Waals surface area contributed by atoms with Crippen LogP contribution in [0.25, 0.3) is 10.9 Å². The van der Waals surface area contributed by atoms with Gasteiger partial charge < -0.3 is 16.0 Å². The minimum Gasteiger partial charge on any atom is -0.364 e. The van der Waals surface area contributed by atoms with Crippen molar-refractivity contribution in [3.05, 3.63) is 60.0 Å². The van der Waals surface area contributed by atoms with Crippen molar-refractivity contribution in [3.63, 3.8) is 0 Å². The maximum atomic E-state index is 14.3. The van der Waals surface area contributed by atoms with Crippen molar-refractivity contribution < 1.29 is 18.8 Å². The van der Waals surface area contributed by atoms with Crippen LogP contribution in [-0.4, -0.2) is 62.2 Å². The third kappa shape index (κ3) is 4.04. The lowest BCUT2D eigenvalue weighted by Crippen LogP contribution is -2.47. The number of amides is 3. The number of likely N-dealkylation sites (tertiary alicyclic amines) is 1. The van der Waals surface area contributed by atoms with Crippen LogP contribution in [0.4, 0.5) is 4.39 Å². The second-order valence-electron chi connectivity index (χ2n) is 8.53. The topological polar surface area (TPSA) is 123 Å². The van der Waals surface area contributed by atoms with E-state index in [2.05, 4.69) is 15.4 Å². The van der Waals surface area contributed by atoms with Crippen molar-refractivity contribution >= 4 is 28.6 Å². The highest BCUT2D eigenvalue weighted by Crippen LogP contribution is 2.41. The van der Waals surface area contributed by atoms with Crippen molar-refractivity contribution in [2.75, 3.05) is 6.54 Å². The fourth-order valence-electron chi connectivity index (χ4n) is 4.56. The molecule has 2 aromatic heterocycles. The summed E-state index contributed by atoms with van der Waals surface area (Å²) in [6.07, 6.45) is 2.45. The van der Waals surface area contributed by atoms with E-state index in [9.17, 15) is 18.8 Å². The Kier molecular flexibility index (Phi) is 5.27. The number of pyridine rings is 1. The second-order valence-corrected chi connectivity index (χ2v) is 8.53. The first-order valence-corrected chi connectivity index (χ1v) is 10.8. The number of fused-ring (bicyclic) bond motifs is 1. The Balaban J connectivity index is 1.29. The molecule has 3 N–H and O–H groups in total. The third-order valence-electron chi connectivity index (χ3n) is 6.29. The molecule has 3 amide bonds. The van der Waals surface area contributed by atoms with Gasteiger partial charge in [0.1, 0.15) is 18.8 Å². The number of hydrogen-bond acceptors (Lipinski definition) is 5. The molecule has 0 radical (unpaired) electrons. The summed E-state index contributed by atoms with van der Waals surface area (Å²) in [6.45, 7) is -0.409. The SMILES string of the molecule is NC(=O)c1nn(CC(=O)N2C[C@H](F)C[C@H]2C(=O)N[C@@H]2C[C@H]2c2ccccc2)c2ccncc12. The summed E-state index contributed by atoms with van der Waals surface area (Å²) in [7, 11) is 0. The highest BCUT2D eigenvalue weighted by molar-refractivity contribution is 6.04. The zero-order valence-electron chi connectivity index (χ0n) is 17.7. The van der Waals surface area contributed by atoms with Crippen molar-refractivity contribution in [2.45, 2.75) is 43.6 Å². The third-order valence-corrected chi connectivity index (χ3v) is 6.29. The molecule has 2 fully saturated rings. The number of nitrogens with zero attached hydrogens (tertiary/aromatic N) is 4. The first-order chi connectivity index (χ1) is 15.9. The summed E-state index contributed by atoms with van der Waals surface area (Å²) < 4.78 is 15.6. The molecule has 33 heavy (non-hydrogen) atoms. The lowest BCUT2D eigenvalue weighted by molar-refractivity contribution is -0.139. The molecular formula is C23H23FN6O3. The molecule has 2 aliphatic rings.